The fourth-order valence-corrected chi connectivity index (χ4v) is 5.57. The van der Waals surface area contributed by atoms with Gasteiger partial charge in [0.25, 0.3) is 0 Å². The first-order chi connectivity index (χ1) is 13.9. The number of piperazine rings is 1. The number of aromatic nitrogens is 1. The number of fused-ring (bicyclic) bond motifs is 1. The lowest BCUT2D eigenvalue weighted by atomic mass is 10.0. The molecule has 1 atom stereocenters. The first-order valence-electron chi connectivity index (χ1n) is 9.16. The maximum absolute atomic E-state index is 12.8. The van der Waals surface area contributed by atoms with Crippen molar-refractivity contribution >= 4 is 42.8 Å². The van der Waals surface area contributed by atoms with Crippen molar-refractivity contribution in [2.24, 2.45) is 0 Å². The molecule has 0 saturated carbocycles. The number of sulfonamides is 1. The molecular formula is C20H20BrN3O4S. The number of nitrogens with one attached hydrogen (secondary N) is 1. The number of carbonyl (C=O) groups is 1. The van der Waals surface area contributed by atoms with Gasteiger partial charge in [-0.2, -0.15) is 4.31 Å². The summed E-state index contributed by atoms with van der Waals surface area (Å²) in [6.07, 6.45) is 1.73. The monoisotopic (exact) mass is 477 g/mol. The van der Waals surface area contributed by atoms with Crippen molar-refractivity contribution in [3.05, 3.63) is 64.8 Å². The van der Waals surface area contributed by atoms with Gasteiger partial charge in [0.15, 0.2) is 0 Å². The maximum atomic E-state index is 12.8. The van der Waals surface area contributed by atoms with E-state index in [0.29, 0.717) is 18.7 Å². The molecule has 1 fully saturated rings. The van der Waals surface area contributed by atoms with Crippen molar-refractivity contribution in [1.29, 1.82) is 0 Å². The number of benzene rings is 2. The molecule has 1 aliphatic rings. The molecule has 2 aromatic carbocycles. The zero-order valence-electron chi connectivity index (χ0n) is 15.5. The molecule has 152 valence electrons. The summed E-state index contributed by atoms with van der Waals surface area (Å²) in [5, 5.41) is 10.8. The number of rotatable bonds is 5. The minimum Gasteiger partial charge on any atom is -0.480 e. The normalized spacial score (nSPS) is 17.4. The third-order valence-electron chi connectivity index (χ3n) is 5.22. The zero-order chi connectivity index (χ0) is 20.6. The number of aromatic amines is 1. The summed E-state index contributed by atoms with van der Waals surface area (Å²) in [7, 11) is -3.58. The number of aliphatic carboxylic acids is 1. The van der Waals surface area contributed by atoms with E-state index >= 15 is 0 Å². The number of H-pyrrole nitrogens is 1. The van der Waals surface area contributed by atoms with Gasteiger partial charge in [-0.05, 0) is 30.3 Å². The Hall–Kier alpha value is -2.20. The summed E-state index contributed by atoms with van der Waals surface area (Å²) < 4.78 is 27.9. The molecule has 9 heteroatoms. The lowest BCUT2D eigenvalue weighted by Crippen LogP contribution is -2.50. The van der Waals surface area contributed by atoms with Crippen molar-refractivity contribution in [2.45, 2.75) is 10.9 Å². The van der Waals surface area contributed by atoms with Crippen LogP contribution in [0.4, 0.5) is 0 Å². The van der Waals surface area contributed by atoms with Crippen LogP contribution < -0.4 is 0 Å². The highest BCUT2D eigenvalue weighted by molar-refractivity contribution is 9.10. The summed E-state index contributed by atoms with van der Waals surface area (Å²) in [5.41, 5.74) is 1.54. The van der Waals surface area contributed by atoms with E-state index in [0.717, 1.165) is 15.4 Å². The highest BCUT2D eigenvalue weighted by Crippen LogP contribution is 2.31. The molecule has 7 nitrogen and oxygen atoms in total. The predicted octanol–water partition coefficient (Wildman–Crippen LogP) is 3.06. The lowest BCUT2D eigenvalue weighted by Gasteiger charge is -2.37. The fraction of sp³-hybridized carbons (Fsp3) is 0.250. The van der Waals surface area contributed by atoms with Gasteiger partial charge in [-0.25, -0.2) is 8.42 Å². The summed E-state index contributed by atoms with van der Waals surface area (Å²) in [6.45, 7) is 1.16. The number of hydrogen-bond donors (Lipinski definition) is 2. The Bertz CT molecular complexity index is 1140. The molecule has 2 N–H and O–H groups in total. The minimum atomic E-state index is -3.58. The Kier molecular flexibility index (Phi) is 5.48. The predicted molar refractivity (Wildman–Crippen MR) is 113 cm³/mol. The molecule has 2 heterocycles. The SMILES string of the molecule is O=C(O)[C@@H](c1c[nH]c2ccc(Br)cc12)N1CCN(S(=O)(=O)c2ccccc2)CC1. The van der Waals surface area contributed by atoms with Crippen LogP contribution >= 0.6 is 15.9 Å². The van der Waals surface area contributed by atoms with E-state index in [2.05, 4.69) is 20.9 Å². The average molecular weight is 478 g/mol. The van der Waals surface area contributed by atoms with Gasteiger partial charge in [0.05, 0.1) is 4.90 Å². The fourth-order valence-electron chi connectivity index (χ4n) is 3.77. The van der Waals surface area contributed by atoms with Gasteiger partial charge in [0.2, 0.25) is 10.0 Å². The number of nitrogens with zero attached hydrogens (tertiary/aromatic N) is 2. The van der Waals surface area contributed by atoms with Gasteiger partial charge in [-0.3, -0.25) is 9.69 Å². The van der Waals surface area contributed by atoms with Crippen LogP contribution in [0.25, 0.3) is 10.9 Å². The summed E-state index contributed by atoms with van der Waals surface area (Å²) >= 11 is 3.44. The van der Waals surface area contributed by atoms with E-state index in [4.69, 9.17) is 0 Å². The molecule has 0 amide bonds. The molecule has 29 heavy (non-hydrogen) atoms. The third-order valence-corrected chi connectivity index (χ3v) is 7.63. The van der Waals surface area contributed by atoms with Gasteiger partial charge in [-0.1, -0.05) is 34.1 Å². The molecule has 1 aromatic heterocycles. The zero-order valence-corrected chi connectivity index (χ0v) is 17.9. The number of hydrogen-bond acceptors (Lipinski definition) is 4. The van der Waals surface area contributed by atoms with Crippen molar-refractivity contribution in [2.75, 3.05) is 26.2 Å². The first-order valence-corrected chi connectivity index (χ1v) is 11.4. The third kappa shape index (κ3) is 3.83. The smallest absolute Gasteiger partial charge is 0.325 e. The Morgan fingerprint density at radius 3 is 2.41 bits per heavy atom. The van der Waals surface area contributed by atoms with Crippen molar-refractivity contribution in [1.82, 2.24) is 14.2 Å². The second-order valence-electron chi connectivity index (χ2n) is 6.93. The molecule has 1 saturated heterocycles. The molecule has 0 aliphatic carbocycles. The van der Waals surface area contributed by atoms with E-state index in [1.807, 2.05) is 23.1 Å². The van der Waals surface area contributed by atoms with Gasteiger partial charge in [0, 0.05) is 53.3 Å². The lowest BCUT2D eigenvalue weighted by molar-refractivity contribution is -0.144. The molecule has 3 aromatic rings. The van der Waals surface area contributed by atoms with Crippen LogP contribution in [0, 0.1) is 0 Å². The molecule has 0 spiro atoms. The number of carboxylic acid groups (broad SMARTS) is 1. The quantitative estimate of drug-likeness (QED) is 0.588. The summed E-state index contributed by atoms with van der Waals surface area (Å²) in [4.78, 5) is 17.3. The van der Waals surface area contributed by atoms with Crippen molar-refractivity contribution < 1.29 is 18.3 Å². The summed E-state index contributed by atoms with van der Waals surface area (Å²) in [6, 6.07) is 13.1. The maximum Gasteiger partial charge on any atom is 0.325 e. The second-order valence-corrected chi connectivity index (χ2v) is 9.78. The van der Waals surface area contributed by atoms with E-state index in [-0.39, 0.29) is 18.0 Å². The van der Waals surface area contributed by atoms with Crippen LogP contribution in [-0.4, -0.2) is 59.9 Å². The molecular weight excluding hydrogens is 458 g/mol. The van der Waals surface area contributed by atoms with Gasteiger partial charge in [-0.15, -0.1) is 0 Å². The number of halogens is 1. The highest BCUT2D eigenvalue weighted by Gasteiger charge is 2.35. The minimum absolute atomic E-state index is 0.243. The van der Waals surface area contributed by atoms with Gasteiger partial charge in [0.1, 0.15) is 6.04 Å². The topological polar surface area (TPSA) is 93.7 Å². The standard InChI is InChI=1S/C20H20BrN3O4S/c21-14-6-7-18-16(12-14)17(13-22-18)19(20(25)26)23-8-10-24(11-9-23)29(27,28)15-4-2-1-3-5-15/h1-7,12-13,19,22H,8-11H2,(H,25,26)/t19-/m1/s1. The Morgan fingerprint density at radius 2 is 1.76 bits per heavy atom. The van der Waals surface area contributed by atoms with Crippen LogP contribution in [-0.2, 0) is 14.8 Å². The molecule has 1 aliphatic heterocycles. The average Bonchev–Trinajstić information content (AvgIpc) is 3.12. The van der Waals surface area contributed by atoms with Crippen LogP contribution in [0.1, 0.15) is 11.6 Å². The molecule has 0 bridgehead atoms. The van der Waals surface area contributed by atoms with Crippen molar-refractivity contribution in [3.63, 3.8) is 0 Å². The van der Waals surface area contributed by atoms with Crippen LogP contribution in [0.3, 0.4) is 0 Å². The second kappa shape index (κ2) is 7.91. The highest BCUT2D eigenvalue weighted by atomic mass is 79.9. The van der Waals surface area contributed by atoms with E-state index in [1.54, 1.807) is 36.5 Å². The molecule has 0 radical (unpaired) electrons. The van der Waals surface area contributed by atoms with Crippen molar-refractivity contribution in [3.8, 4) is 0 Å². The summed E-state index contributed by atoms with van der Waals surface area (Å²) in [5.74, 6) is -0.953. The largest absolute Gasteiger partial charge is 0.480 e. The van der Waals surface area contributed by atoms with Gasteiger partial charge < -0.3 is 10.1 Å². The first kappa shape index (κ1) is 20.1. The van der Waals surface area contributed by atoms with Gasteiger partial charge >= 0.3 is 5.97 Å². The Labute approximate surface area is 177 Å². The Balaban J connectivity index is 1.57. The van der Waals surface area contributed by atoms with Crippen LogP contribution in [0.5, 0.6) is 0 Å². The Morgan fingerprint density at radius 1 is 1.07 bits per heavy atom. The molecule has 0 unspecified atom stereocenters. The van der Waals surface area contributed by atoms with E-state index in [9.17, 15) is 18.3 Å². The van der Waals surface area contributed by atoms with E-state index < -0.39 is 22.0 Å². The molecule has 4 rings (SSSR count). The van der Waals surface area contributed by atoms with Crippen LogP contribution in [0.2, 0.25) is 0 Å². The van der Waals surface area contributed by atoms with Crippen LogP contribution in [0.15, 0.2) is 64.1 Å². The number of carboxylic acids is 1. The van der Waals surface area contributed by atoms with E-state index in [1.165, 1.54) is 4.31 Å².